The van der Waals surface area contributed by atoms with Crippen LogP contribution in [0.5, 0.6) is 11.5 Å². The van der Waals surface area contributed by atoms with E-state index < -0.39 is 17.9 Å². The number of hydrogen-bond donors (Lipinski definition) is 1. The summed E-state index contributed by atoms with van der Waals surface area (Å²) in [4.78, 5) is 28.4. The quantitative estimate of drug-likeness (QED) is 0.579. The van der Waals surface area contributed by atoms with Crippen LogP contribution in [-0.4, -0.2) is 28.7 Å². The van der Waals surface area contributed by atoms with Gasteiger partial charge in [-0.15, -0.1) is 0 Å². The number of aromatic nitrogens is 1. The second-order valence-corrected chi connectivity index (χ2v) is 8.26. The number of pyridine rings is 1. The molecule has 1 amide bonds. The Morgan fingerprint density at radius 3 is 2.61 bits per heavy atom. The molecule has 1 atom stereocenters. The number of hydrogen-bond acceptors (Lipinski definition) is 7. The van der Waals surface area contributed by atoms with Gasteiger partial charge in [-0.2, -0.15) is 0 Å². The van der Waals surface area contributed by atoms with Gasteiger partial charge in [-0.3, -0.25) is 10.2 Å². The van der Waals surface area contributed by atoms with Gasteiger partial charge in [0, 0.05) is 29.4 Å². The number of benzene rings is 2. The van der Waals surface area contributed by atoms with Gasteiger partial charge in [-0.25, -0.2) is 9.99 Å². The summed E-state index contributed by atoms with van der Waals surface area (Å²) >= 11 is 6.56. The van der Waals surface area contributed by atoms with Crippen LogP contribution in [0.25, 0.3) is 16.6 Å². The monoisotopic (exact) mass is 464 g/mol. The molecule has 8 nitrogen and oxygen atoms in total. The molecule has 1 N–H and O–H groups in total. The van der Waals surface area contributed by atoms with Gasteiger partial charge in [0.2, 0.25) is 12.7 Å². The minimum atomic E-state index is -1.28. The van der Waals surface area contributed by atoms with Gasteiger partial charge in [0.15, 0.2) is 11.5 Å². The standard InChI is InChI=1S/C24H20ClN3O5/c1-13-2-4-14(5-3-13)18-10-19(28(27-18)22(29)6-7-23(30)31)16-8-15-9-20-21(33-12-32-20)11-17(15)26-24(16)25/h2-5,8-11,19,27H,6-7,12H2,1H3,(H,30,31)/p-1. The molecule has 0 aliphatic carbocycles. The van der Waals surface area contributed by atoms with E-state index in [-0.39, 0.29) is 24.8 Å². The second kappa shape index (κ2) is 8.29. The van der Waals surface area contributed by atoms with E-state index in [0.29, 0.717) is 28.3 Å². The number of nitrogens with one attached hydrogen (secondary N) is 1. The third-order valence-corrected chi connectivity index (χ3v) is 5.93. The van der Waals surface area contributed by atoms with Crippen molar-refractivity contribution in [1.82, 2.24) is 15.4 Å². The molecule has 33 heavy (non-hydrogen) atoms. The zero-order valence-corrected chi connectivity index (χ0v) is 18.4. The number of halogens is 1. The van der Waals surface area contributed by atoms with Crippen LogP contribution in [0.15, 0.2) is 48.5 Å². The number of aryl methyl sites for hydroxylation is 1. The Bertz CT molecular complexity index is 1310. The predicted molar refractivity (Wildman–Crippen MR) is 119 cm³/mol. The lowest BCUT2D eigenvalue weighted by atomic mass is 10.0. The summed E-state index contributed by atoms with van der Waals surface area (Å²) < 4.78 is 10.9. The second-order valence-electron chi connectivity index (χ2n) is 7.91. The Morgan fingerprint density at radius 1 is 1.15 bits per heavy atom. The lowest BCUT2D eigenvalue weighted by Crippen LogP contribution is -2.40. The molecule has 1 unspecified atom stereocenters. The molecule has 168 valence electrons. The van der Waals surface area contributed by atoms with Crippen LogP contribution in [0.3, 0.4) is 0 Å². The number of nitrogens with zero attached hydrogens (tertiary/aromatic N) is 2. The van der Waals surface area contributed by atoms with E-state index in [2.05, 4.69) is 10.4 Å². The Kier molecular flexibility index (Phi) is 5.30. The molecule has 2 aliphatic heterocycles. The lowest BCUT2D eigenvalue weighted by molar-refractivity contribution is -0.305. The summed E-state index contributed by atoms with van der Waals surface area (Å²) in [7, 11) is 0. The maximum Gasteiger partial charge on any atom is 0.242 e. The van der Waals surface area contributed by atoms with Crippen LogP contribution < -0.4 is 20.0 Å². The van der Waals surface area contributed by atoms with Crippen molar-refractivity contribution in [2.75, 3.05) is 6.79 Å². The summed E-state index contributed by atoms with van der Waals surface area (Å²) in [5, 5.41) is 13.3. The van der Waals surface area contributed by atoms with Crippen molar-refractivity contribution < 1.29 is 24.2 Å². The molecular formula is C24H19ClN3O5-. The minimum Gasteiger partial charge on any atom is -0.550 e. The van der Waals surface area contributed by atoms with E-state index in [0.717, 1.165) is 16.5 Å². The Morgan fingerprint density at radius 2 is 1.88 bits per heavy atom. The number of hydrazine groups is 1. The number of carboxylic acids is 1. The number of amides is 1. The Hall–Kier alpha value is -3.78. The van der Waals surface area contributed by atoms with Crippen molar-refractivity contribution in [1.29, 1.82) is 0 Å². The Labute approximate surface area is 194 Å². The van der Waals surface area contributed by atoms with Gasteiger partial charge >= 0.3 is 0 Å². The molecule has 0 spiro atoms. The first kappa shape index (κ1) is 21.1. The lowest BCUT2D eigenvalue weighted by Gasteiger charge is -2.26. The molecule has 0 saturated heterocycles. The highest BCUT2D eigenvalue weighted by atomic mass is 35.5. The van der Waals surface area contributed by atoms with Crippen molar-refractivity contribution in [3.8, 4) is 11.5 Å². The average molecular weight is 465 g/mol. The van der Waals surface area contributed by atoms with Crippen molar-refractivity contribution >= 4 is 40.1 Å². The van der Waals surface area contributed by atoms with Crippen molar-refractivity contribution in [2.45, 2.75) is 25.8 Å². The van der Waals surface area contributed by atoms with Gasteiger partial charge in [0.1, 0.15) is 11.2 Å². The smallest absolute Gasteiger partial charge is 0.242 e. The first-order valence-electron chi connectivity index (χ1n) is 10.4. The topological polar surface area (TPSA) is 104 Å². The largest absolute Gasteiger partial charge is 0.550 e. The van der Waals surface area contributed by atoms with Crippen molar-refractivity contribution in [3.05, 3.63) is 70.4 Å². The fourth-order valence-electron chi connectivity index (χ4n) is 3.90. The number of carbonyl (C=O) groups is 2. The van der Waals surface area contributed by atoms with E-state index in [1.807, 2.05) is 49.4 Å². The first-order valence-corrected chi connectivity index (χ1v) is 10.7. The number of aliphatic carboxylic acids is 1. The van der Waals surface area contributed by atoms with Gasteiger partial charge in [-0.1, -0.05) is 41.4 Å². The van der Waals surface area contributed by atoms with E-state index in [1.165, 1.54) is 5.01 Å². The third kappa shape index (κ3) is 4.05. The molecule has 3 heterocycles. The number of rotatable bonds is 5. The van der Waals surface area contributed by atoms with Gasteiger partial charge in [0.05, 0.1) is 11.2 Å². The van der Waals surface area contributed by atoms with E-state index in [9.17, 15) is 14.7 Å². The van der Waals surface area contributed by atoms with Crippen LogP contribution >= 0.6 is 11.6 Å². The minimum absolute atomic E-state index is 0.141. The molecule has 2 aliphatic rings. The maximum absolute atomic E-state index is 12.9. The SMILES string of the molecule is Cc1ccc(C2=CC(c3cc4cc5c(cc4nc3Cl)OCO5)N(C(=O)CCC(=O)[O-])N2)cc1. The summed E-state index contributed by atoms with van der Waals surface area (Å²) in [6.45, 7) is 2.13. The fourth-order valence-corrected chi connectivity index (χ4v) is 4.16. The average Bonchev–Trinajstić information content (AvgIpc) is 3.43. The highest BCUT2D eigenvalue weighted by Gasteiger charge is 2.32. The highest BCUT2D eigenvalue weighted by Crippen LogP contribution is 2.40. The van der Waals surface area contributed by atoms with Crippen LogP contribution in [0, 0.1) is 6.92 Å². The van der Waals surface area contributed by atoms with E-state index >= 15 is 0 Å². The predicted octanol–water partition coefficient (Wildman–Crippen LogP) is 2.88. The zero-order chi connectivity index (χ0) is 23.1. The highest BCUT2D eigenvalue weighted by molar-refractivity contribution is 6.30. The number of carbonyl (C=O) groups excluding carboxylic acids is 2. The summed E-state index contributed by atoms with van der Waals surface area (Å²) in [6.07, 6.45) is 1.29. The summed E-state index contributed by atoms with van der Waals surface area (Å²) in [5.74, 6) is -0.474. The molecule has 0 fully saturated rings. The molecule has 5 rings (SSSR count). The van der Waals surface area contributed by atoms with Crippen LogP contribution in [-0.2, 0) is 9.59 Å². The maximum atomic E-state index is 12.9. The van der Waals surface area contributed by atoms with Crippen molar-refractivity contribution in [2.24, 2.45) is 0 Å². The van der Waals surface area contributed by atoms with E-state index in [4.69, 9.17) is 21.1 Å². The Balaban J connectivity index is 1.56. The van der Waals surface area contributed by atoms with Crippen molar-refractivity contribution in [3.63, 3.8) is 0 Å². The van der Waals surface area contributed by atoms with Crippen LogP contribution in [0.1, 0.15) is 35.6 Å². The van der Waals surface area contributed by atoms with E-state index in [1.54, 1.807) is 6.07 Å². The number of carboxylic acid groups (broad SMARTS) is 1. The third-order valence-electron chi connectivity index (χ3n) is 5.63. The normalized spacial score (nSPS) is 16.6. The molecule has 0 bridgehead atoms. The van der Waals surface area contributed by atoms with Crippen LogP contribution in [0.4, 0.5) is 0 Å². The molecule has 0 saturated carbocycles. The molecule has 2 aromatic carbocycles. The number of ether oxygens (including phenoxy) is 2. The molecule has 1 aromatic heterocycles. The molecular weight excluding hydrogens is 446 g/mol. The fraction of sp³-hybridized carbons (Fsp3) is 0.208. The van der Waals surface area contributed by atoms with Crippen LogP contribution in [0.2, 0.25) is 5.15 Å². The first-order chi connectivity index (χ1) is 15.9. The van der Waals surface area contributed by atoms with Gasteiger partial charge in [0.25, 0.3) is 0 Å². The molecule has 0 radical (unpaired) electrons. The molecule has 9 heteroatoms. The van der Waals surface area contributed by atoms with Gasteiger partial charge in [-0.05, 0) is 37.1 Å². The summed E-state index contributed by atoms with van der Waals surface area (Å²) in [6, 6.07) is 12.7. The zero-order valence-electron chi connectivity index (χ0n) is 17.6. The summed E-state index contributed by atoms with van der Waals surface area (Å²) in [5.41, 5.74) is 7.05. The molecule has 3 aromatic rings. The van der Waals surface area contributed by atoms with Gasteiger partial charge < -0.3 is 19.4 Å². The number of fused-ring (bicyclic) bond motifs is 2.